The summed E-state index contributed by atoms with van der Waals surface area (Å²) in [5.41, 5.74) is -1.05. The molecule has 1 rings (SSSR count). The molecule has 0 saturated carbocycles. The summed E-state index contributed by atoms with van der Waals surface area (Å²) in [6, 6.07) is 1.46. The van der Waals surface area contributed by atoms with E-state index >= 15 is 0 Å². The van der Waals surface area contributed by atoms with E-state index in [2.05, 4.69) is 4.98 Å². The van der Waals surface area contributed by atoms with Gasteiger partial charge in [-0.25, -0.2) is 4.98 Å². The van der Waals surface area contributed by atoms with E-state index in [4.69, 9.17) is 0 Å². The number of carbonyl (C=O) groups is 2. The van der Waals surface area contributed by atoms with E-state index < -0.39 is 36.3 Å². The van der Waals surface area contributed by atoms with Gasteiger partial charge in [0, 0.05) is 6.20 Å². The average molecular weight is 315 g/mol. The number of nitrogens with one attached hydrogen (secondary N) is 2. The lowest BCUT2D eigenvalue weighted by Gasteiger charge is -2.09. The van der Waals surface area contributed by atoms with Crippen molar-refractivity contribution in [3.05, 3.63) is 23.9 Å². The number of amides is 2. The van der Waals surface area contributed by atoms with Crippen LogP contribution in [-0.4, -0.2) is 29.5 Å². The fourth-order valence-electron chi connectivity index (χ4n) is 1.08. The van der Waals surface area contributed by atoms with Crippen LogP contribution in [0.5, 0.6) is 0 Å². The minimum Gasteiger partial charge on any atom is -0.339 e. The largest absolute Gasteiger partial charge is 0.471 e. The Morgan fingerprint density at radius 3 is 2.14 bits per heavy atom. The van der Waals surface area contributed by atoms with E-state index in [1.54, 1.807) is 0 Å². The molecule has 5 nitrogen and oxygen atoms in total. The molecule has 0 unspecified atom stereocenters. The molecule has 0 radical (unpaired) electrons. The van der Waals surface area contributed by atoms with Gasteiger partial charge in [-0.2, -0.15) is 26.3 Å². The van der Waals surface area contributed by atoms with Crippen molar-refractivity contribution < 1.29 is 35.9 Å². The van der Waals surface area contributed by atoms with Crippen molar-refractivity contribution in [2.75, 3.05) is 11.9 Å². The fourth-order valence-corrected chi connectivity index (χ4v) is 1.08. The van der Waals surface area contributed by atoms with Gasteiger partial charge >= 0.3 is 18.3 Å². The first-order valence-corrected chi connectivity index (χ1v) is 5.18. The number of hydrogen-bond donors (Lipinski definition) is 2. The highest BCUT2D eigenvalue weighted by Crippen LogP contribution is 2.28. The van der Waals surface area contributed by atoms with Crippen LogP contribution in [0.2, 0.25) is 0 Å². The summed E-state index contributed by atoms with van der Waals surface area (Å²) < 4.78 is 72.1. The van der Waals surface area contributed by atoms with Crippen molar-refractivity contribution in [2.24, 2.45) is 0 Å². The number of nitrogens with zero attached hydrogens (tertiary/aromatic N) is 1. The van der Waals surface area contributed by atoms with Crippen LogP contribution in [0.25, 0.3) is 0 Å². The van der Waals surface area contributed by atoms with Crippen molar-refractivity contribution >= 4 is 17.6 Å². The standard InChI is InChI=1S/C10H7F6N3O2/c11-9(12,13)5-1-2-6(17-3-5)19-7(20)4-18-8(21)10(14,15)16/h1-3H,4H2,(H,18,21)(H,17,19,20). The highest BCUT2D eigenvalue weighted by molar-refractivity contribution is 5.94. The highest BCUT2D eigenvalue weighted by atomic mass is 19.4. The minimum absolute atomic E-state index is 0.297. The first-order chi connectivity index (χ1) is 9.50. The van der Waals surface area contributed by atoms with E-state index in [1.807, 2.05) is 5.32 Å². The molecule has 2 amide bonds. The summed E-state index contributed by atoms with van der Waals surface area (Å²) in [6.45, 7) is -0.999. The zero-order valence-corrected chi connectivity index (χ0v) is 9.97. The van der Waals surface area contributed by atoms with E-state index in [0.717, 1.165) is 6.07 Å². The predicted molar refractivity (Wildman–Crippen MR) is 56.9 cm³/mol. The first kappa shape index (κ1) is 16.7. The molecular weight excluding hydrogens is 308 g/mol. The molecule has 1 aromatic heterocycles. The Morgan fingerprint density at radius 1 is 1.10 bits per heavy atom. The Balaban J connectivity index is 2.54. The summed E-state index contributed by atoms with van der Waals surface area (Å²) >= 11 is 0. The second kappa shape index (κ2) is 5.97. The molecule has 0 atom stereocenters. The minimum atomic E-state index is -5.13. The number of hydrogen-bond acceptors (Lipinski definition) is 3. The molecule has 0 aliphatic carbocycles. The molecule has 11 heteroatoms. The van der Waals surface area contributed by atoms with Gasteiger partial charge in [0.25, 0.3) is 0 Å². The molecule has 2 N–H and O–H groups in total. The zero-order valence-electron chi connectivity index (χ0n) is 9.97. The average Bonchev–Trinajstić information content (AvgIpc) is 2.34. The third-order valence-corrected chi connectivity index (χ3v) is 2.03. The van der Waals surface area contributed by atoms with Crippen LogP contribution in [0.15, 0.2) is 18.3 Å². The quantitative estimate of drug-likeness (QED) is 0.834. The number of anilines is 1. The van der Waals surface area contributed by atoms with Crippen LogP contribution < -0.4 is 10.6 Å². The fraction of sp³-hybridized carbons (Fsp3) is 0.300. The number of halogens is 6. The molecule has 0 aliphatic heterocycles. The highest BCUT2D eigenvalue weighted by Gasteiger charge is 2.38. The van der Waals surface area contributed by atoms with Gasteiger partial charge in [0.1, 0.15) is 5.82 Å². The van der Waals surface area contributed by atoms with E-state index in [1.165, 1.54) is 5.32 Å². The van der Waals surface area contributed by atoms with Gasteiger partial charge in [0.05, 0.1) is 12.1 Å². The van der Waals surface area contributed by atoms with Crippen LogP contribution >= 0.6 is 0 Å². The number of rotatable bonds is 3. The van der Waals surface area contributed by atoms with Crippen molar-refractivity contribution in [3.8, 4) is 0 Å². The van der Waals surface area contributed by atoms with Gasteiger partial charge in [0.2, 0.25) is 5.91 Å². The molecule has 0 spiro atoms. The topological polar surface area (TPSA) is 71.1 Å². The van der Waals surface area contributed by atoms with Gasteiger partial charge < -0.3 is 10.6 Å². The normalized spacial score (nSPS) is 11.9. The molecule has 116 valence electrons. The molecule has 1 aromatic rings. The number of pyridine rings is 1. The molecular formula is C10H7F6N3O2. The van der Waals surface area contributed by atoms with Crippen molar-refractivity contribution in [2.45, 2.75) is 12.4 Å². The maximum absolute atomic E-state index is 12.2. The van der Waals surface area contributed by atoms with Gasteiger partial charge in [-0.3, -0.25) is 9.59 Å². The van der Waals surface area contributed by atoms with E-state index in [0.29, 0.717) is 12.3 Å². The zero-order chi connectivity index (χ0) is 16.3. The van der Waals surface area contributed by atoms with Crippen LogP contribution in [-0.2, 0) is 15.8 Å². The van der Waals surface area contributed by atoms with Gasteiger partial charge in [-0.15, -0.1) is 0 Å². The second-order valence-corrected chi connectivity index (χ2v) is 3.66. The van der Waals surface area contributed by atoms with Gasteiger partial charge in [-0.05, 0) is 12.1 Å². The molecule has 21 heavy (non-hydrogen) atoms. The Hall–Kier alpha value is -2.33. The third kappa shape index (κ3) is 5.28. The molecule has 0 aromatic carbocycles. The molecule has 0 saturated heterocycles. The van der Waals surface area contributed by atoms with Crippen molar-refractivity contribution in [1.82, 2.24) is 10.3 Å². The maximum atomic E-state index is 12.2. The van der Waals surface area contributed by atoms with Crippen LogP contribution in [0.1, 0.15) is 5.56 Å². The van der Waals surface area contributed by atoms with Crippen LogP contribution in [0.3, 0.4) is 0 Å². The van der Waals surface area contributed by atoms with E-state index in [9.17, 15) is 35.9 Å². The lowest BCUT2D eigenvalue weighted by atomic mass is 10.3. The van der Waals surface area contributed by atoms with Crippen molar-refractivity contribution in [1.29, 1.82) is 0 Å². The first-order valence-electron chi connectivity index (χ1n) is 5.18. The van der Waals surface area contributed by atoms with E-state index in [-0.39, 0.29) is 5.82 Å². The molecule has 0 fully saturated rings. The van der Waals surface area contributed by atoms with Crippen LogP contribution in [0.4, 0.5) is 32.2 Å². The number of aromatic nitrogens is 1. The maximum Gasteiger partial charge on any atom is 0.471 e. The SMILES string of the molecule is O=C(CNC(=O)C(F)(F)F)Nc1ccc(C(F)(F)F)cn1. The summed E-state index contributed by atoms with van der Waals surface area (Å²) in [6.07, 6.45) is -9.28. The van der Waals surface area contributed by atoms with Gasteiger partial charge in [0.15, 0.2) is 0 Å². The molecule has 0 aliphatic rings. The number of carbonyl (C=O) groups excluding carboxylic acids is 2. The Labute approximate surface area is 113 Å². The smallest absolute Gasteiger partial charge is 0.339 e. The van der Waals surface area contributed by atoms with Gasteiger partial charge in [-0.1, -0.05) is 0 Å². The lowest BCUT2D eigenvalue weighted by molar-refractivity contribution is -0.173. The summed E-state index contributed by atoms with van der Waals surface area (Å²) in [5.74, 6) is -3.67. The predicted octanol–water partition coefficient (Wildman–Crippen LogP) is 1.72. The molecule has 1 heterocycles. The Morgan fingerprint density at radius 2 is 1.71 bits per heavy atom. The second-order valence-electron chi connectivity index (χ2n) is 3.66. The Bertz CT molecular complexity index is 523. The monoisotopic (exact) mass is 315 g/mol. The van der Waals surface area contributed by atoms with Crippen molar-refractivity contribution in [3.63, 3.8) is 0 Å². The number of alkyl halides is 6. The third-order valence-electron chi connectivity index (χ3n) is 2.03. The molecule has 0 bridgehead atoms. The van der Waals surface area contributed by atoms with Crippen LogP contribution in [0, 0.1) is 0 Å². The lowest BCUT2D eigenvalue weighted by Crippen LogP contribution is -2.41. The Kier molecular flexibility index (Phi) is 4.76. The summed E-state index contributed by atoms with van der Waals surface area (Å²) in [4.78, 5) is 24.9. The summed E-state index contributed by atoms with van der Waals surface area (Å²) in [7, 11) is 0. The summed E-state index contributed by atoms with van der Waals surface area (Å²) in [5, 5.41) is 3.22.